The molecule has 6 rings (SSSR count). The van der Waals surface area contributed by atoms with Crippen LogP contribution in [0.1, 0.15) is 105 Å². The van der Waals surface area contributed by atoms with E-state index in [1.165, 1.54) is 29.2 Å². The summed E-state index contributed by atoms with van der Waals surface area (Å²) in [6, 6.07) is 17.5. The number of carbonyl (C=O) groups is 2. The van der Waals surface area contributed by atoms with E-state index in [1.54, 1.807) is 31.4 Å². The molecule has 2 bridgehead atoms. The van der Waals surface area contributed by atoms with E-state index >= 15 is 0 Å². The van der Waals surface area contributed by atoms with Crippen molar-refractivity contribution in [1.82, 2.24) is 10.2 Å². The zero-order chi connectivity index (χ0) is 38.6. The summed E-state index contributed by atoms with van der Waals surface area (Å²) in [7, 11) is 1.56. The molecule has 3 aromatic rings. The summed E-state index contributed by atoms with van der Waals surface area (Å²) >= 11 is 0. The molecule has 0 aliphatic heterocycles. The van der Waals surface area contributed by atoms with Crippen molar-refractivity contribution in [3.8, 4) is 11.5 Å². The molecular formula is C42H51F3N2O6. The van der Waals surface area contributed by atoms with Crippen molar-refractivity contribution in [2.45, 2.75) is 109 Å². The molecule has 3 aromatic carbocycles. The van der Waals surface area contributed by atoms with Gasteiger partial charge in [0.15, 0.2) is 5.78 Å². The predicted octanol–water partition coefficient (Wildman–Crippen LogP) is 8.48. The molecule has 53 heavy (non-hydrogen) atoms. The van der Waals surface area contributed by atoms with Gasteiger partial charge in [0, 0.05) is 29.1 Å². The molecule has 11 heteroatoms. The second-order valence-corrected chi connectivity index (χ2v) is 15.2. The predicted molar refractivity (Wildman–Crippen MR) is 197 cm³/mol. The van der Waals surface area contributed by atoms with E-state index in [1.807, 2.05) is 45.9 Å². The molecule has 0 spiro atoms. The van der Waals surface area contributed by atoms with E-state index in [4.69, 9.17) is 4.74 Å². The molecule has 0 aromatic heterocycles. The number of aliphatic hydroxyl groups is 2. The topological polar surface area (TPSA) is 108 Å². The van der Waals surface area contributed by atoms with Gasteiger partial charge in [-0.15, -0.1) is 13.2 Å². The highest BCUT2D eigenvalue weighted by Crippen LogP contribution is 2.59. The Morgan fingerprint density at radius 3 is 2.32 bits per heavy atom. The van der Waals surface area contributed by atoms with Gasteiger partial charge in [-0.25, -0.2) is 4.79 Å². The number of ketones is 1. The van der Waals surface area contributed by atoms with Crippen LogP contribution in [0.25, 0.3) is 0 Å². The van der Waals surface area contributed by atoms with E-state index in [9.17, 15) is 33.0 Å². The average molecular weight is 737 g/mol. The zero-order valence-electron chi connectivity index (χ0n) is 31.1. The van der Waals surface area contributed by atoms with Crippen LogP contribution in [0, 0.1) is 5.41 Å². The molecule has 0 saturated heterocycles. The van der Waals surface area contributed by atoms with Crippen molar-refractivity contribution in [3.63, 3.8) is 0 Å². The summed E-state index contributed by atoms with van der Waals surface area (Å²) in [5.41, 5.74) is 2.14. The summed E-state index contributed by atoms with van der Waals surface area (Å²) < 4.78 is 47.8. The molecule has 286 valence electrons. The van der Waals surface area contributed by atoms with Crippen molar-refractivity contribution < 1.29 is 42.4 Å². The summed E-state index contributed by atoms with van der Waals surface area (Å²) in [4.78, 5) is 29.6. The third-order valence-corrected chi connectivity index (χ3v) is 11.0. The Kier molecular flexibility index (Phi) is 12.3. The minimum Gasteiger partial charge on any atom is -0.497 e. The summed E-state index contributed by atoms with van der Waals surface area (Å²) in [5, 5.41) is 26.7. The number of hydrogen-bond acceptors (Lipinski definition) is 6. The maximum absolute atomic E-state index is 14.3. The van der Waals surface area contributed by atoms with E-state index in [2.05, 4.69) is 16.1 Å². The van der Waals surface area contributed by atoms with Crippen LogP contribution >= 0.6 is 0 Å². The van der Waals surface area contributed by atoms with Crippen LogP contribution in [0.2, 0.25) is 0 Å². The van der Waals surface area contributed by atoms with Gasteiger partial charge in [-0.1, -0.05) is 42.8 Å². The molecule has 0 radical (unpaired) electrons. The van der Waals surface area contributed by atoms with E-state index in [0.29, 0.717) is 67.4 Å². The normalized spacial score (nSPS) is 23.5. The number of aliphatic hydroxyl groups excluding tert-OH is 1. The summed E-state index contributed by atoms with van der Waals surface area (Å²) in [5.74, 6) is -0.182. The molecular weight excluding hydrogens is 685 g/mol. The standard InChI is InChI=1S/C42H51F3N2O6/c1-27(2)46-39(50)47(25-29-9-15-34(16-10-29)53-42(43,44)45)26-41(51)22-20-37-35-19-11-30(23-32(48)14-8-28(3)7-6-21-40(37,41)4)24-36(35)38(49)31-12-17-33(52-5)18-13-31/h7,9-13,15-19,24,27,32,37,48,51H,6,8,14,20-23,25-26H2,1-5H3,(H,46,50). The highest BCUT2D eigenvalue weighted by Gasteiger charge is 2.57. The second-order valence-electron chi connectivity index (χ2n) is 15.2. The Bertz CT molecular complexity index is 1770. The number of hydrogen-bond donors (Lipinski definition) is 3. The van der Waals surface area contributed by atoms with Gasteiger partial charge in [-0.3, -0.25) is 4.79 Å². The monoisotopic (exact) mass is 736 g/mol. The van der Waals surface area contributed by atoms with Gasteiger partial charge < -0.3 is 29.9 Å². The molecule has 1 saturated carbocycles. The number of benzene rings is 3. The second kappa shape index (κ2) is 16.3. The molecule has 8 nitrogen and oxygen atoms in total. The SMILES string of the molecule is COc1ccc(C(=O)c2cc3ccc2C2CCC(O)(CN(Cc4ccc(OC(F)(F)F)cc4)C(=O)NC(C)C)C2(C)CCC=C(C)CCC(O)C3)cc1. The molecule has 4 unspecified atom stereocenters. The van der Waals surface area contributed by atoms with Gasteiger partial charge in [0.1, 0.15) is 11.5 Å². The number of halogens is 3. The Morgan fingerprint density at radius 2 is 1.68 bits per heavy atom. The number of urea groups is 1. The van der Waals surface area contributed by atoms with Crippen LogP contribution in [0.3, 0.4) is 0 Å². The fourth-order valence-electron chi connectivity index (χ4n) is 7.96. The first-order chi connectivity index (χ1) is 25.0. The number of amides is 2. The lowest BCUT2D eigenvalue weighted by Crippen LogP contribution is -2.55. The summed E-state index contributed by atoms with van der Waals surface area (Å²) in [6.07, 6.45) is 0.490. The first-order valence-electron chi connectivity index (χ1n) is 18.3. The highest BCUT2D eigenvalue weighted by atomic mass is 19.4. The van der Waals surface area contributed by atoms with Gasteiger partial charge in [-0.2, -0.15) is 0 Å². The Hall–Kier alpha value is -4.35. The smallest absolute Gasteiger partial charge is 0.497 e. The number of alkyl halides is 3. The van der Waals surface area contributed by atoms with E-state index in [0.717, 1.165) is 16.7 Å². The number of carbonyl (C=O) groups excluding carboxylic acids is 2. The van der Waals surface area contributed by atoms with Gasteiger partial charge in [0.05, 0.1) is 25.4 Å². The number of methoxy groups -OCH3 is 1. The van der Waals surface area contributed by atoms with Gasteiger partial charge in [-0.05, 0) is 131 Å². The maximum atomic E-state index is 14.3. The first kappa shape index (κ1) is 39.8. The van der Waals surface area contributed by atoms with E-state index < -0.39 is 29.5 Å². The first-order valence-corrected chi connectivity index (χ1v) is 18.3. The Balaban J connectivity index is 1.56. The van der Waals surface area contributed by atoms with E-state index in [-0.39, 0.29) is 36.6 Å². The van der Waals surface area contributed by atoms with Gasteiger partial charge >= 0.3 is 12.4 Å². The number of nitrogens with one attached hydrogen (secondary N) is 1. The largest absolute Gasteiger partial charge is 0.573 e. The molecule has 4 atom stereocenters. The third-order valence-electron chi connectivity index (χ3n) is 11.0. The third kappa shape index (κ3) is 9.61. The molecule has 1 fully saturated rings. The molecule has 2 amide bonds. The number of rotatable bonds is 9. The minimum atomic E-state index is -4.83. The van der Waals surface area contributed by atoms with Crippen LogP contribution < -0.4 is 14.8 Å². The Labute approximate surface area is 310 Å². The number of ether oxygens (including phenoxy) is 2. The van der Waals surface area contributed by atoms with Crippen LogP contribution in [-0.4, -0.2) is 64.7 Å². The van der Waals surface area contributed by atoms with Crippen LogP contribution in [0.5, 0.6) is 11.5 Å². The zero-order valence-corrected chi connectivity index (χ0v) is 31.1. The average Bonchev–Trinajstić information content (AvgIpc) is 3.35. The maximum Gasteiger partial charge on any atom is 0.573 e. The van der Waals surface area contributed by atoms with Gasteiger partial charge in [0.2, 0.25) is 0 Å². The van der Waals surface area contributed by atoms with Crippen molar-refractivity contribution in [2.75, 3.05) is 13.7 Å². The fourth-order valence-corrected chi connectivity index (χ4v) is 7.96. The lowest BCUT2D eigenvalue weighted by Gasteiger charge is -2.46. The number of fused-ring (bicyclic) bond motifs is 8. The highest BCUT2D eigenvalue weighted by molar-refractivity contribution is 6.10. The molecule has 3 N–H and O–H groups in total. The lowest BCUT2D eigenvalue weighted by molar-refractivity contribution is -0.274. The lowest BCUT2D eigenvalue weighted by atomic mass is 9.64. The quantitative estimate of drug-likeness (QED) is 0.150. The van der Waals surface area contributed by atoms with Crippen molar-refractivity contribution in [2.24, 2.45) is 5.41 Å². The summed E-state index contributed by atoms with van der Waals surface area (Å²) in [6.45, 7) is 7.73. The van der Waals surface area contributed by atoms with Crippen LogP contribution in [0.4, 0.5) is 18.0 Å². The number of nitrogens with zero attached hydrogens (tertiary/aromatic N) is 1. The van der Waals surface area contributed by atoms with Crippen LogP contribution in [0.15, 0.2) is 78.4 Å². The minimum absolute atomic E-state index is 0.0329. The van der Waals surface area contributed by atoms with Crippen molar-refractivity contribution in [1.29, 1.82) is 0 Å². The van der Waals surface area contributed by atoms with Gasteiger partial charge in [0.25, 0.3) is 0 Å². The molecule has 3 aliphatic carbocycles. The van der Waals surface area contributed by atoms with Crippen molar-refractivity contribution >= 4 is 11.8 Å². The molecule has 0 heterocycles. The Morgan fingerprint density at radius 1 is 1.00 bits per heavy atom. The number of allylic oxidation sites excluding steroid dienone is 2. The van der Waals surface area contributed by atoms with Crippen LogP contribution in [-0.2, 0) is 13.0 Å². The van der Waals surface area contributed by atoms with Crippen molar-refractivity contribution in [3.05, 3.63) is 106 Å². The fraction of sp³-hybridized carbons (Fsp3) is 0.476. The molecule has 3 aliphatic rings.